The van der Waals surface area contributed by atoms with Crippen molar-refractivity contribution in [2.24, 2.45) is 5.92 Å². The Labute approximate surface area is 193 Å². The van der Waals surface area contributed by atoms with Crippen molar-refractivity contribution in [3.05, 3.63) is 63.9 Å². The highest BCUT2D eigenvalue weighted by Crippen LogP contribution is 2.28. The molecule has 0 bridgehead atoms. The second-order valence-corrected chi connectivity index (χ2v) is 8.66. The molecule has 1 aromatic heterocycles. The first kappa shape index (κ1) is 22.9. The average molecular weight is 485 g/mol. The molecule has 4 rings (SSSR count). The molecule has 0 atom stereocenters. The van der Waals surface area contributed by atoms with Gasteiger partial charge in [0.2, 0.25) is 0 Å². The summed E-state index contributed by atoms with van der Waals surface area (Å²) in [5.74, 6) is 1.47. The van der Waals surface area contributed by atoms with Crippen molar-refractivity contribution in [2.75, 3.05) is 13.1 Å². The van der Waals surface area contributed by atoms with E-state index in [9.17, 15) is 13.2 Å². The molecule has 2 aromatic carbocycles. The zero-order chi connectivity index (χ0) is 22.7. The van der Waals surface area contributed by atoms with Crippen LogP contribution in [0.5, 0.6) is 5.75 Å². The number of aromatic amines is 1. The van der Waals surface area contributed by atoms with E-state index in [0.29, 0.717) is 33.9 Å². The molecular weight excluding hydrogens is 464 g/mol. The van der Waals surface area contributed by atoms with Gasteiger partial charge in [-0.3, -0.25) is 10.00 Å². The monoisotopic (exact) mass is 484 g/mol. The largest absolute Gasteiger partial charge is 0.573 e. The van der Waals surface area contributed by atoms with Crippen LogP contribution in [0.15, 0.2) is 42.5 Å². The minimum Gasteiger partial charge on any atom is -0.406 e. The number of alkyl halides is 3. The second-order valence-electron chi connectivity index (χ2n) is 7.85. The van der Waals surface area contributed by atoms with Crippen LogP contribution >= 0.6 is 23.2 Å². The maximum atomic E-state index is 12.3. The lowest BCUT2D eigenvalue weighted by Crippen LogP contribution is -2.34. The zero-order valence-corrected chi connectivity index (χ0v) is 18.5. The molecule has 1 fully saturated rings. The normalized spacial score (nSPS) is 15.8. The van der Waals surface area contributed by atoms with Crippen molar-refractivity contribution in [3.8, 4) is 17.1 Å². The lowest BCUT2D eigenvalue weighted by Gasteiger charge is -2.31. The molecule has 0 amide bonds. The topological polar surface area (TPSA) is 54.0 Å². The number of ether oxygens (including phenoxy) is 1. The highest BCUT2D eigenvalue weighted by Gasteiger charge is 2.31. The van der Waals surface area contributed by atoms with Crippen LogP contribution in [0.2, 0.25) is 10.0 Å². The van der Waals surface area contributed by atoms with Crippen molar-refractivity contribution in [2.45, 2.75) is 32.2 Å². The van der Waals surface area contributed by atoms with Crippen LogP contribution in [-0.2, 0) is 13.0 Å². The SMILES string of the molecule is FC(F)(F)Oc1ccc(-c2n[nH]c(CN3CCC(Cc4ccc(Cl)c(Cl)c4)CC3)n2)cc1. The summed E-state index contributed by atoms with van der Waals surface area (Å²) >= 11 is 12.1. The number of rotatable bonds is 6. The molecule has 0 radical (unpaired) electrons. The molecule has 1 N–H and O–H groups in total. The van der Waals surface area contributed by atoms with Crippen molar-refractivity contribution >= 4 is 23.2 Å². The Balaban J connectivity index is 1.28. The van der Waals surface area contributed by atoms with Gasteiger partial charge in [0.25, 0.3) is 0 Å². The van der Waals surface area contributed by atoms with E-state index in [1.165, 1.54) is 29.8 Å². The van der Waals surface area contributed by atoms with Gasteiger partial charge in [0.1, 0.15) is 11.6 Å². The molecule has 32 heavy (non-hydrogen) atoms. The van der Waals surface area contributed by atoms with Gasteiger partial charge in [0, 0.05) is 5.56 Å². The fourth-order valence-corrected chi connectivity index (χ4v) is 4.18. The molecule has 2 heterocycles. The predicted molar refractivity (Wildman–Crippen MR) is 117 cm³/mol. The molecular formula is C22H21Cl2F3N4O. The van der Waals surface area contributed by atoms with Gasteiger partial charge in [-0.1, -0.05) is 29.3 Å². The van der Waals surface area contributed by atoms with E-state index in [2.05, 4.69) is 24.8 Å². The van der Waals surface area contributed by atoms with Crippen molar-refractivity contribution in [1.82, 2.24) is 20.1 Å². The first-order valence-electron chi connectivity index (χ1n) is 10.2. The Kier molecular flexibility index (Phi) is 6.93. The van der Waals surface area contributed by atoms with Crippen LogP contribution in [0.1, 0.15) is 24.2 Å². The number of nitrogens with one attached hydrogen (secondary N) is 1. The number of piperidine rings is 1. The van der Waals surface area contributed by atoms with E-state index in [0.717, 1.165) is 38.2 Å². The summed E-state index contributed by atoms with van der Waals surface area (Å²) in [6.07, 6.45) is -1.59. The lowest BCUT2D eigenvalue weighted by atomic mass is 9.90. The fraction of sp³-hybridized carbons (Fsp3) is 0.364. The molecule has 5 nitrogen and oxygen atoms in total. The van der Waals surface area contributed by atoms with E-state index in [4.69, 9.17) is 23.2 Å². The molecule has 3 aromatic rings. The third-order valence-electron chi connectivity index (χ3n) is 5.47. The Hall–Kier alpha value is -2.29. The number of hydrogen-bond donors (Lipinski definition) is 1. The van der Waals surface area contributed by atoms with Gasteiger partial charge < -0.3 is 4.74 Å². The minimum atomic E-state index is -4.71. The number of aromatic nitrogens is 3. The van der Waals surface area contributed by atoms with Gasteiger partial charge in [0.15, 0.2) is 5.82 Å². The number of hydrogen-bond acceptors (Lipinski definition) is 4. The summed E-state index contributed by atoms with van der Waals surface area (Å²) < 4.78 is 40.8. The van der Waals surface area contributed by atoms with E-state index < -0.39 is 6.36 Å². The summed E-state index contributed by atoms with van der Waals surface area (Å²) in [6, 6.07) is 11.3. The number of H-pyrrole nitrogens is 1. The molecule has 0 aliphatic carbocycles. The Morgan fingerprint density at radius 2 is 1.75 bits per heavy atom. The second kappa shape index (κ2) is 9.68. The van der Waals surface area contributed by atoms with Crippen LogP contribution in [0.3, 0.4) is 0 Å². The van der Waals surface area contributed by atoms with Crippen molar-refractivity contribution < 1.29 is 17.9 Å². The van der Waals surface area contributed by atoms with E-state index in [-0.39, 0.29) is 5.75 Å². The predicted octanol–water partition coefficient (Wildman–Crippen LogP) is 6.13. The van der Waals surface area contributed by atoms with Crippen molar-refractivity contribution in [1.29, 1.82) is 0 Å². The quantitative estimate of drug-likeness (QED) is 0.457. The van der Waals surface area contributed by atoms with Gasteiger partial charge in [-0.15, -0.1) is 13.2 Å². The average Bonchev–Trinajstić information content (AvgIpc) is 3.20. The van der Waals surface area contributed by atoms with Crippen LogP contribution in [0.25, 0.3) is 11.4 Å². The highest BCUT2D eigenvalue weighted by atomic mass is 35.5. The van der Waals surface area contributed by atoms with Gasteiger partial charge in [0.05, 0.1) is 16.6 Å². The number of likely N-dealkylation sites (tertiary alicyclic amines) is 1. The summed E-state index contributed by atoms with van der Waals surface area (Å²) in [4.78, 5) is 6.80. The molecule has 1 aliphatic rings. The zero-order valence-electron chi connectivity index (χ0n) is 17.0. The lowest BCUT2D eigenvalue weighted by molar-refractivity contribution is -0.274. The molecule has 10 heteroatoms. The summed E-state index contributed by atoms with van der Waals surface area (Å²) in [5, 5.41) is 8.28. The van der Waals surface area contributed by atoms with E-state index in [1.807, 2.05) is 18.2 Å². The Morgan fingerprint density at radius 3 is 2.41 bits per heavy atom. The molecule has 1 saturated heterocycles. The van der Waals surface area contributed by atoms with Gasteiger partial charge in [-0.2, -0.15) is 5.10 Å². The number of halogens is 5. The van der Waals surface area contributed by atoms with Crippen LogP contribution in [0, 0.1) is 5.92 Å². The van der Waals surface area contributed by atoms with Gasteiger partial charge in [-0.05, 0) is 80.2 Å². The maximum absolute atomic E-state index is 12.3. The van der Waals surface area contributed by atoms with Gasteiger partial charge >= 0.3 is 6.36 Å². The summed E-state index contributed by atoms with van der Waals surface area (Å²) in [7, 11) is 0. The van der Waals surface area contributed by atoms with Crippen LogP contribution in [-0.4, -0.2) is 39.5 Å². The number of nitrogens with zero attached hydrogens (tertiary/aromatic N) is 3. The molecule has 0 spiro atoms. The minimum absolute atomic E-state index is 0.277. The summed E-state index contributed by atoms with van der Waals surface area (Å²) in [5.41, 5.74) is 1.81. The smallest absolute Gasteiger partial charge is 0.406 e. The number of benzene rings is 2. The first-order valence-corrected chi connectivity index (χ1v) is 10.9. The third-order valence-corrected chi connectivity index (χ3v) is 6.21. The molecule has 0 unspecified atom stereocenters. The first-order chi connectivity index (χ1) is 15.2. The Morgan fingerprint density at radius 1 is 1.03 bits per heavy atom. The molecule has 0 saturated carbocycles. The highest BCUT2D eigenvalue weighted by molar-refractivity contribution is 6.42. The Bertz CT molecular complexity index is 1050. The van der Waals surface area contributed by atoms with Gasteiger partial charge in [-0.25, -0.2) is 4.98 Å². The fourth-order valence-electron chi connectivity index (χ4n) is 3.86. The van der Waals surface area contributed by atoms with Crippen LogP contribution in [0.4, 0.5) is 13.2 Å². The van der Waals surface area contributed by atoms with E-state index in [1.54, 1.807) is 0 Å². The maximum Gasteiger partial charge on any atom is 0.573 e. The van der Waals surface area contributed by atoms with E-state index >= 15 is 0 Å². The van der Waals surface area contributed by atoms with Crippen molar-refractivity contribution in [3.63, 3.8) is 0 Å². The van der Waals surface area contributed by atoms with Crippen LogP contribution < -0.4 is 4.74 Å². The third kappa shape index (κ3) is 6.15. The standard InChI is InChI=1S/C22H21Cl2F3N4O/c23-18-6-1-15(12-19(18)24)11-14-7-9-31(10-8-14)13-20-28-21(30-29-20)16-2-4-17(5-3-16)32-22(25,26)27/h1-6,12,14H,7-11,13H2,(H,28,29,30). The summed E-state index contributed by atoms with van der Waals surface area (Å²) in [6.45, 7) is 2.54. The molecule has 170 valence electrons. The molecule has 1 aliphatic heterocycles.